The largest absolute Gasteiger partial charge is 0.433 e. The van der Waals surface area contributed by atoms with Gasteiger partial charge < -0.3 is 15.4 Å². The molecule has 0 amide bonds. The van der Waals surface area contributed by atoms with Crippen LogP contribution in [0.5, 0.6) is 0 Å². The molecule has 1 saturated carbocycles. The highest BCUT2D eigenvalue weighted by Crippen LogP contribution is 2.31. The predicted molar refractivity (Wildman–Crippen MR) is 64.0 cm³/mol. The van der Waals surface area contributed by atoms with Gasteiger partial charge in [0.2, 0.25) is 5.95 Å². The second-order valence-electron chi connectivity index (χ2n) is 4.38. The van der Waals surface area contributed by atoms with Crippen LogP contribution in [0.4, 0.5) is 24.9 Å². The molecule has 0 unspecified atom stereocenters. The fourth-order valence-corrected chi connectivity index (χ4v) is 1.86. The summed E-state index contributed by atoms with van der Waals surface area (Å²) >= 11 is 0. The Labute approximate surface area is 108 Å². The van der Waals surface area contributed by atoms with Gasteiger partial charge in [-0.15, -0.1) is 0 Å². The number of methoxy groups -OCH3 is 1. The Morgan fingerprint density at radius 2 is 2.00 bits per heavy atom. The molecule has 1 aliphatic carbocycles. The van der Waals surface area contributed by atoms with Gasteiger partial charge in [0.25, 0.3) is 0 Å². The second-order valence-corrected chi connectivity index (χ2v) is 4.38. The van der Waals surface area contributed by atoms with Crippen molar-refractivity contribution in [2.24, 2.45) is 0 Å². The number of hydrogen-bond acceptors (Lipinski definition) is 5. The van der Waals surface area contributed by atoms with Gasteiger partial charge in [-0.2, -0.15) is 18.2 Å². The lowest BCUT2D eigenvalue weighted by Crippen LogP contribution is -2.40. The maximum atomic E-state index is 12.7. The SMILES string of the molecule is CNc1nc(NC2CC(OC)C2)cc(C(F)(F)F)n1. The number of rotatable bonds is 4. The average molecular weight is 276 g/mol. The number of alkyl halides is 3. The molecule has 2 N–H and O–H groups in total. The van der Waals surface area contributed by atoms with Crippen molar-refractivity contribution in [1.82, 2.24) is 9.97 Å². The number of halogens is 3. The van der Waals surface area contributed by atoms with Gasteiger partial charge in [0, 0.05) is 26.3 Å². The summed E-state index contributed by atoms with van der Waals surface area (Å²) < 4.78 is 43.1. The first-order valence-corrected chi connectivity index (χ1v) is 5.85. The zero-order chi connectivity index (χ0) is 14.0. The zero-order valence-electron chi connectivity index (χ0n) is 10.6. The summed E-state index contributed by atoms with van der Waals surface area (Å²) in [5.41, 5.74) is -0.961. The van der Waals surface area contributed by atoms with Crippen LogP contribution in [-0.2, 0) is 10.9 Å². The molecule has 5 nitrogen and oxygen atoms in total. The van der Waals surface area contributed by atoms with E-state index in [1.165, 1.54) is 7.05 Å². The summed E-state index contributed by atoms with van der Waals surface area (Å²) in [7, 11) is 3.09. The van der Waals surface area contributed by atoms with Crippen molar-refractivity contribution >= 4 is 11.8 Å². The summed E-state index contributed by atoms with van der Waals surface area (Å²) in [6, 6.07) is 1.01. The van der Waals surface area contributed by atoms with Crippen LogP contribution < -0.4 is 10.6 Å². The van der Waals surface area contributed by atoms with Crippen LogP contribution >= 0.6 is 0 Å². The molecule has 0 saturated heterocycles. The second kappa shape index (κ2) is 5.20. The van der Waals surface area contributed by atoms with Gasteiger partial charge in [0.1, 0.15) is 5.82 Å². The van der Waals surface area contributed by atoms with E-state index < -0.39 is 11.9 Å². The first-order valence-electron chi connectivity index (χ1n) is 5.85. The van der Waals surface area contributed by atoms with E-state index in [0.717, 1.165) is 18.9 Å². The Morgan fingerprint density at radius 3 is 2.53 bits per heavy atom. The number of ether oxygens (including phenoxy) is 1. The summed E-state index contributed by atoms with van der Waals surface area (Å²) in [6.07, 6.45) is -2.79. The van der Waals surface area contributed by atoms with Gasteiger partial charge in [-0.1, -0.05) is 0 Å². The molecule has 0 aromatic carbocycles. The Balaban J connectivity index is 2.12. The molecular formula is C11H15F3N4O. The van der Waals surface area contributed by atoms with E-state index >= 15 is 0 Å². The minimum atomic E-state index is -4.49. The number of aromatic nitrogens is 2. The monoisotopic (exact) mass is 276 g/mol. The molecule has 19 heavy (non-hydrogen) atoms. The van der Waals surface area contributed by atoms with Crippen LogP contribution in [0.1, 0.15) is 18.5 Å². The van der Waals surface area contributed by atoms with E-state index in [0.29, 0.717) is 0 Å². The van der Waals surface area contributed by atoms with Crippen molar-refractivity contribution in [2.75, 3.05) is 24.8 Å². The van der Waals surface area contributed by atoms with Crippen molar-refractivity contribution in [3.63, 3.8) is 0 Å². The van der Waals surface area contributed by atoms with Crippen LogP contribution in [0.2, 0.25) is 0 Å². The third kappa shape index (κ3) is 3.25. The molecule has 2 rings (SSSR count). The lowest BCUT2D eigenvalue weighted by molar-refractivity contribution is -0.141. The van der Waals surface area contributed by atoms with Crippen LogP contribution in [0.25, 0.3) is 0 Å². The third-order valence-corrected chi connectivity index (χ3v) is 3.02. The number of hydrogen-bond donors (Lipinski definition) is 2. The highest BCUT2D eigenvalue weighted by Gasteiger charge is 2.34. The van der Waals surface area contributed by atoms with Crippen LogP contribution in [0.15, 0.2) is 6.07 Å². The molecule has 1 aromatic rings. The molecule has 0 bridgehead atoms. The van der Waals surface area contributed by atoms with Crippen molar-refractivity contribution in [3.05, 3.63) is 11.8 Å². The Bertz CT molecular complexity index is 446. The molecule has 1 aromatic heterocycles. The molecule has 0 aliphatic heterocycles. The highest BCUT2D eigenvalue weighted by molar-refractivity contribution is 5.44. The van der Waals surface area contributed by atoms with E-state index in [9.17, 15) is 13.2 Å². The van der Waals surface area contributed by atoms with Gasteiger partial charge >= 0.3 is 6.18 Å². The van der Waals surface area contributed by atoms with Crippen molar-refractivity contribution in [3.8, 4) is 0 Å². The lowest BCUT2D eigenvalue weighted by Gasteiger charge is -2.35. The standard InChI is InChI=1S/C11H15F3N4O/c1-15-10-17-8(11(12,13)14)5-9(18-10)16-6-3-7(4-6)19-2/h5-7H,3-4H2,1-2H3,(H2,15,16,17,18). The molecule has 0 spiro atoms. The summed E-state index contributed by atoms with van der Waals surface area (Å²) in [5, 5.41) is 5.48. The van der Waals surface area contributed by atoms with Gasteiger partial charge in [-0.3, -0.25) is 0 Å². The zero-order valence-corrected chi connectivity index (χ0v) is 10.6. The van der Waals surface area contributed by atoms with Gasteiger partial charge in [0.15, 0.2) is 5.69 Å². The normalized spacial score (nSPS) is 22.8. The van der Waals surface area contributed by atoms with Crippen LogP contribution in [0, 0.1) is 0 Å². The van der Waals surface area contributed by atoms with E-state index in [2.05, 4.69) is 20.6 Å². The fourth-order valence-electron chi connectivity index (χ4n) is 1.86. The van der Waals surface area contributed by atoms with Gasteiger partial charge in [-0.25, -0.2) is 4.98 Å². The number of anilines is 2. The molecule has 0 atom stereocenters. The molecule has 8 heteroatoms. The van der Waals surface area contributed by atoms with E-state index in [4.69, 9.17) is 4.74 Å². The molecule has 1 fully saturated rings. The quantitative estimate of drug-likeness (QED) is 0.882. The summed E-state index contributed by atoms with van der Waals surface area (Å²) in [5.74, 6) is 0.117. The smallest absolute Gasteiger partial charge is 0.381 e. The van der Waals surface area contributed by atoms with Crippen molar-refractivity contribution < 1.29 is 17.9 Å². The Hall–Kier alpha value is -1.57. The molecule has 0 radical (unpaired) electrons. The molecule has 106 valence electrons. The molecule has 1 heterocycles. The van der Waals surface area contributed by atoms with Gasteiger partial charge in [-0.05, 0) is 12.8 Å². The summed E-state index contributed by atoms with van der Waals surface area (Å²) in [6.45, 7) is 0. The first kappa shape index (κ1) is 13.9. The fraction of sp³-hybridized carbons (Fsp3) is 0.636. The highest BCUT2D eigenvalue weighted by atomic mass is 19.4. The predicted octanol–water partition coefficient (Wildman–Crippen LogP) is 2.13. The Morgan fingerprint density at radius 1 is 1.32 bits per heavy atom. The van der Waals surface area contributed by atoms with Crippen molar-refractivity contribution in [1.29, 1.82) is 0 Å². The van der Waals surface area contributed by atoms with E-state index in [-0.39, 0.29) is 23.9 Å². The first-order chi connectivity index (χ1) is 8.92. The number of nitrogens with zero attached hydrogens (tertiary/aromatic N) is 2. The molecular weight excluding hydrogens is 261 g/mol. The maximum absolute atomic E-state index is 12.7. The van der Waals surface area contributed by atoms with Crippen LogP contribution in [-0.4, -0.2) is 36.3 Å². The van der Waals surface area contributed by atoms with Gasteiger partial charge in [0.05, 0.1) is 6.10 Å². The lowest BCUT2D eigenvalue weighted by atomic mass is 9.89. The Kier molecular flexibility index (Phi) is 3.79. The minimum absolute atomic E-state index is 0.0556. The topological polar surface area (TPSA) is 59.1 Å². The minimum Gasteiger partial charge on any atom is -0.381 e. The summed E-state index contributed by atoms with van der Waals surface area (Å²) in [4.78, 5) is 7.36. The van der Waals surface area contributed by atoms with Crippen molar-refractivity contribution in [2.45, 2.75) is 31.2 Å². The third-order valence-electron chi connectivity index (χ3n) is 3.02. The number of nitrogens with one attached hydrogen (secondary N) is 2. The average Bonchev–Trinajstić information content (AvgIpc) is 2.31. The van der Waals surface area contributed by atoms with E-state index in [1.807, 2.05) is 0 Å². The van der Waals surface area contributed by atoms with E-state index in [1.54, 1.807) is 7.11 Å². The molecule has 1 aliphatic rings. The maximum Gasteiger partial charge on any atom is 0.433 e. The van der Waals surface area contributed by atoms with Crippen LogP contribution in [0.3, 0.4) is 0 Å².